The van der Waals surface area contributed by atoms with Crippen LogP contribution >= 0.6 is 0 Å². The third kappa shape index (κ3) is 3.42. The van der Waals surface area contributed by atoms with Crippen molar-refractivity contribution in [2.24, 2.45) is 0 Å². The minimum atomic E-state index is 0.0357. The first-order valence-electron chi connectivity index (χ1n) is 6.82. The van der Waals surface area contributed by atoms with Crippen molar-refractivity contribution < 1.29 is 4.65 Å². The van der Waals surface area contributed by atoms with Crippen molar-refractivity contribution in [2.45, 2.75) is 13.7 Å². The van der Waals surface area contributed by atoms with Crippen molar-refractivity contribution in [3.8, 4) is 5.75 Å². The fraction of sp³-hybridized carbons (Fsp3) is 0.111. The molecule has 0 radical (unpaired) electrons. The molecular weight excluding hydrogens is 243 g/mol. The lowest BCUT2D eigenvalue weighted by atomic mass is 9.63. The topological polar surface area (TPSA) is 9.23 Å². The minimum Gasteiger partial charge on any atom is -0.556 e. The fourth-order valence-corrected chi connectivity index (χ4v) is 2.09. The van der Waals surface area contributed by atoms with Crippen molar-refractivity contribution >= 4 is 18.5 Å². The van der Waals surface area contributed by atoms with E-state index in [1.807, 2.05) is 42.5 Å². The van der Waals surface area contributed by atoms with Gasteiger partial charge in [-0.05, 0) is 36.4 Å². The molecule has 2 heteroatoms. The van der Waals surface area contributed by atoms with Crippen molar-refractivity contribution in [1.29, 1.82) is 0 Å². The quantitative estimate of drug-likeness (QED) is 0.582. The molecule has 0 atom stereocenters. The second kappa shape index (κ2) is 6.81. The van der Waals surface area contributed by atoms with E-state index in [-0.39, 0.29) is 6.92 Å². The Morgan fingerprint density at radius 2 is 1.80 bits per heavy atom. The van der Waals surface area contributed by atoms with Gasteiger partial charge in [0.2, 0.25) is 0 Å². The van der Waals surface area contributed by atoms with Gasteiger partial charge in [-0.15, -0.1) is 0 Å². The maximum Gasteiger partial charge on any atom is 0.388 e. The van der Waals surface area contributed by atoms with Crippen LogP contribution in [0.25, 0.3) is 6.08 Å². The van der Waals surface area contributed by atoms with E-state index in [4.69, 9.17) is 4.65 Å². The first-order valence-corrected chi connectivity index (χ1v) is 6.82. The fourth-order valence-electron chi connectivity index (χ4n) is 2.09. The van der Waals surface area contributed by atoms with Gasteiger partial charge in [-0.1, -0.05) is 67.3 Å². The molecule has 0 unspecified atom stereocenters. The second-order valence-corrected chi connectivity index (χ2v) is 4.74. The van der Waals surface area contributed by atoms with Crippen LogP contribution in [0.5, 0.6) is 5.75 Å². The maximum atomic E-state index is 6.09. The Kier molecular flexibility index (Phi) is 4.83. The number of allylic oxidation sites excluding steroid dienone is 2. The lowest BCUT2D eigenvalue weighted by molar-refractivity contribution is 0.581. The van der Waals surface area contributed by atoms with E-state index in [0.29, 0.717) is 0 Å². The molecule has 20 heavy (non-hydrogen) atoms. The van der Waals surface area contributed by atoms with Crippen molar-refractivity contribution in [3.63, 3.8) is 0 Å². The van der Waals surface area contributed by atoms with Crippen LogP contribution in [0.15, 0.2) is 67.3 Å². The van der Waals surface area contributed by atoms with Crippen LogP contribution in [0.3, 0.4) is 0 Å². The van der Waals surface area contributed by atoms with E-state index in [1.54, 1.807) is 6.08 Å². The summed E-state index contributed by atoms with van der Waals surface area (Å²) in [6.45, 7) is 7.88. The van der Waals surface area contributed by atoms with Gasteiger partial charge in [-0.25, -0.2) is 0 Å². The highest BCUT2D eigenvalue weighted by atomic mass is 16.4. The highest BCUT2D eigenvalue weighted by Gasteiger charge is 2.14. The van der Waals surface area contributed by atoms with Crippen LogP contribution < -0.4 is 10.1 Å². The molecule has 0 fully saturated rings. The number of rotatable bonds is 5. The molecule has 0 saturated carbocycles. The van der Waals surface area contributed by atoms with Crippen LogP contribution in [0.2, 0.25) is 6.82 Å². The molecule has 2 aromatic rings. The van der Waals surface area contributed by atoms with Crippen LogP contribution in [-0.2, 0) is 0 Å². The molecule has 0 N–H and O–H groups in total. The number of hydrogen-bond acceptors (Lipinski definition) is 1. The SMILES string of the molecule is C=C/C=C\c1cccc(OB(C)c2ccccc2)c1C. The Labute approximate surface area is 121 Å². The van der Waals surface area contributed by atoms with E-state index < -0.39 is 0 Å². The van der Waals surface area contributed by atoms with E-state index in [1.165, 1.54) is 5.46 Å². The van der Waals surface area contributed by atoms with E-state index >= 15 is 0 Å². The average molecular weight is 262 g/mol. The average Bonchev–Trinajstić information content (AvgIpc) is 2.49. The van der Waals surface area contributed by atoms with Gasteiger partial charge in [0, 0.05) is 0 Å². The van der Waals surface area contributed by atoms with Gasteiger partial charge in [-0.3, -0.25) is 0 Å². The highest BCUT2D eigenvalue weighted by Crippen LogP contribution is 2.23. The largest absolute Gasteiger partial charge is 0.556 e. The van der Waals surface area contributed by atoms with Crippen molar-refractivity contribution in [2.75, 3.05) is 0 Å². The Morgan fingerprint density at radius 3 is 2.50 bits per heavy atom. The van der Waals surface area contributed by atoms with E-state index in [9.17, 15) is 0 Å². The second-order valence-electron chi connectivity index (χ2n) is 4.74. The minimum absolute atomic E-state index is 0.0357. The standard InChI is InChI=1S/C18H19BO/c1-4-5-10-16-11-9-14-18(15(16)2)20-19(3)17-12-7-6-8-13-17/h4-14H,1H2,2-3H3/b10-5-. The third-order valence-corrected chi connectivity index (χ3v) is 3.31. The monoisotopic (exact) mass is 262 g/mol. The summed E-state index contributed by atoms with van der Waals surface area (Å²) >= 11 is 0. The summed E-state index contributed by atoms with van der Waals surface area (Å²) in [5.74, 6) is 0.924. The molecule has 0 amide bonds. The molecule has 0 aliphatic rings. The maximum absolute atomic E-state index is 6.09. The molecule has 0 saturated heterocycles. The molecule has 0 heterocycles. The lowest BCUT2D eigenvalue weighted by Crippen LogP contribution is -2.33. The van der Waals surface area contributed by atoms with Gasteiger partial charge in [0.25, 0.3) is 0 Å². The predicted molar refractivity (Wildman–Crippen MR) is 88.7 cm³/mol. The normalized spacial score (nSPS) is 10.5. The zero-order chi connectivity index (χ0) is 14.4. The van der Waals surface area contributed by atoms with E-state index in [2.05, 4.69) is 38.5 Å². The lowest BCUT2D eigenvalue weighted by Gasteiger charge is -2.15. The predicted octanol–water partition coefficient (Wildman–Crippen LogP) is 4.10. The Balaban J connectivity index is 2.21. The Morgan fingerprint density at radius 1 is 1.05 bits per heavy atom. The third-order valence-electron chi connectivity index (χ3n) is 3.31. The number of hydrogen-bond donors (Lipinski definition) is 0. The van der Waals surface area contributed by atoms with Crippen molar-refractivity contribution in [3.05, 3.63) is 78.4 Å². The Bertz CT molecular complexity index is 602. The van der Waals surface area contributed by atoms with Gasteiger partial charge >= 0.3 is 6.92 Å². The molecule has 2 rings (SSSR count). The smallest absolute Gasteiger partial charge is 0.388 e. The van der Waals surface area contributed by atoms with Crippen LogP contribution in [0, 0.1) is 6.92 Å². The summed E-state index contributed by atoms with van der Waals surface area (Å²) in [6.07, 6.45) is 5.76. The molecule has 0 aliphatic heterocycles. The first-order chi connectivity index (χ1) is 9.72. The van der Waals surface area contributed by atoms with Gasteiger partial charge in [0.15, 0.2) is 0 Å². The zero-order valence-corrected chi connectivity index (χ0v) is 12.0. The van der Waals surface area contributed by atoms with Crippen molar-refractivity contribution in [1.82, 2.24) is 0 Å². The summed E-state index contributed by atoms with van der Waals surface area (Å²) in [6, 6.07) is 16.4. The van der Waals surface area contributed by atoms with Gasteiger partial charge in [0.1, 0.15) is 5.75 Å². The summed E-state index contributed by atoms with van der Waals surface area (Å²) in [7, 11) is 0. The molecule has 0 spiro atoms. The summed E-state index contributed by atoms with van der Waals surface area (Å²) in [4.78, 5) is 0. The molecule has 0 aliphatic carbocycles. The highest BCUT2D eigenvalue weighted by molar-refractivity contribution is 6.66. The molecule has 0 aromatic heterocycles. The molecule has 2 aromatic carbocycles. The number of benzene rings is 2. The van der Waals surface area contributed by atoms with Crippen LogP contribution in [0.4, 0.5) is 0 Å². The first kappa shape index (κ1) is 14.2. The van der Waals surface area contributed by atoms with Crippen LogP contribution in [0.1, 0.15) is 11.1 Å². The Hall–Kier alpha value is -2.22. The van der Waals surface area contributed by atoms with Crippen LogP contribution in [-0.4, -0.2) is 6.92 Å². The van der Waals surface area contributed by atoms with Gasteiger partial charge < -0.3 is 4.65 Å². The molecule has 1 nitrogen and oxygen atoms in total. The summed E-state index contributed by atoms with van der Waals surface area (Å²) in [5, 5.41) is 0. The van der Waals surface area contributed by atoms with Gasteiger partial charge in [0.05, 0.1) is 0 Å². The van der Waals surface area contributed by atoms with E-state index in [0.717, 1.165) is 16.9 Å². The van der Waals surface area contributed by atoms with Gasteiger partial charge in [-0.2, -0.15) is 0 Å². The zero-order valence-electron chi connectivity index (χ0n) is 12.0. The summed E-state index contributed by atoms with van der Waals surface area (Å²) < 4.78 is 6.09. The molecule has 100 valence electrons. The molecule has 0 bridgehead atoms. The molecular formula is C18H19BO. The summed E-state index contributed by atoms with van der Waals surface area (Å²) in [5.41, 5.74) is 3.48.